The van der Waals surface area contributed by atoms with E-state index in [1.807, 2.05) is 30.0 Å². The number of fused-ring (bicyclic) bond motifs is 3. The Kier molecular flexibility index (Phi) is 5.22. The molecule has 1 spiro atoms. The van der Waals surface area contributed by atoms with Crippen LogP contribution < -0.4 is 15.4 Å². The molecule has 1 aromatic rings. The van der Waals surface area contributed by atoms with Crippen molar-refractivity contribution in [2.45, 2.75) is 74.2 Å². The molecule has 2 aliphatic heterocycles. The van der Waals surface area contributed by atoms with Crippen LogP contribution in [-0.2, 0) is 10.2 Å². The smallest absolute Gasteiger partial charge is 0.389 e. The number of halogens is 3. The number of nitrogens with zero attached hydrogens (tertiary/aromatic N) is 1. The van der Waals surface area contributed by atoms with Crippen LogP contribution in [0.15, 0.2) is 18.2 Å². The quantitative estimate of drug-likeness (QED) is 0.563. The summed E-state index contributed by atoms with van der Waals surface area (Å²) >= 11 is 0. The fourth-order valence-electron chi connectivity index (χ4n) is 7.29. The molecular formula is C24H30F3N3O4. The van der Waals surface area contributed by atoms with Crippen LogP contribution in [0.3, 0.4) is 0 Å². The molecule has 2 aliphatic carbocycles. The van der Waals surface area contributed by atoms with Gasteiger partial charge in [-0.25, -0.2) is 4.79 Å². The van der Waals surface area contributed by atoms with E-state index in [1.54, 1.807) is 7.11 Å². The molecule has 10 heteroatoms. The lowest BCUT2D eigenvalue weighted by molar-refractivity contribution is -0.153. The van der Waals surface area contributed by atoms with Crippen LogP contribution in [0.25, 0.3) is 0 Å². The Balaban J connectivity index is 1.54. The van der Waals surface area contributed by atoms with E-state index in [2.05, 4.69) is 10.6 Å². The highest BCUT2D eigenvalue weighted by Crippen LogP contribution is 2.65. The van der Waals surface area contributed by atoms with Crippen molar-refractivity contribution in [2.75, 3.05) is 20.2 Å². The molecule has 0 radical (unpaired) electrons. The third-order valence-corrected chi connectivity index (χ3v) is 8.65. The number of hydrogen-bond acceptors (Lipinski definition) is 5. The highest BCUT2D eigenvalue weighted by molar-refractivity contribution is 6.07. The molecule has 3 amide bonds. The van der Waals surface area contributed by atoms with Crippen LogP contribution in [0.4, 0.5) is 18.0 Å². The SMILES string of the molecule is COc1ccc(C)c([C@]23CC4CN(CCCC(F)(F)F)[C@H]4[C@]2(O)CC[C@@]2(C3)NC(=O)NC2=O)c1. The molecule has 5 rings (SSSR count). The van der Waals surface area contributed by atoms with Gasteiger partial charge in [-0.3, -0.25) is 15.0 Å². The highest BCUT2D eigenvalue weighted by Gasteiger charge is 2.73. The molecule has 1 aromatic carbocycles. The van der Waals surface area contributed by atoms with Crippen LogP contribution in [-0.4, -0.2) is 65.5 Å². The Bertz CT molecular complexity index is 1030. The molecule has 186 valence electrons. The van der Waals surface area contributed by atoms with Crippen LogP contribution in [0.5, 0.6) is 5.75 Å². The number of carbonyl (C=O) groups excluding carboxylic acids is 2. The second kappa shape index (κ2) is 7.58. The minimum atomic E-state index is -4.20. The van der Waals surface area contributed by atoms with Gasteiger partial charge in [0.05, 0.1) is 12.7 Å². The van der Waals surface area contributed by atoms with Crippen molar-refractivity contribution in [3.05, 3.63) is 29.3 Å². The van der Waals surface area contributed by atoms with Crippen molar-refractivity contribution in [3.8, 4) is 5.75 Å². The first-order valence-corrected chi connectivity index (χ1v) is 11.7. The second-order valence-corrected chi connectivity index (χ2v) is 10.5. The largest absolute Gasteiger partial charge is 0.497 e. The summed E-state index contributed by atoms with van der Waals surface area (Å²) in [5.74, 6) is 0.329. The van der Waals surface area contributed by atoms with Gasteiger partial charge in [0.2, 0.25) is 0 Å². The molecule has 1 unspecified atom stereocenters. The number of imide groups is 1. The maximum Gasteiger partial charge on any atom is 0.389 e. The molecule has 0 aromatic heterocycles. The predicted molar refractivity (Wildman–Crippen MR) is 116 cm³/mol. The fraction of sp³-hybridized carbons (Fsp3) is 0.667. The van der Waals surface area contributed by atoms with E-state index in [4.69, 9.17) is 4.74 Å². The number of methoxy groups -OCH3 is 1. The molecule has 0 bridgehead atoms. The molecule has 7 nitrogen and oxygen atoms in total. The average Bonchev–Trinajstić information content (AvgIpc) is 3.12. The van der Waals surface area contributed by atoms with Crippen LogP contribution >= 0.6 is 0 Å². The average molecular weight is 482 g/mol. The third-order valence-electron chi connectivity index (χ3n) is 8.65. The topological polar surface area (TPSA) is 90.9 Å². The summed E-state index contributed by atoms with van der Waals surface area (Å²) in [5, 5.41) is 17.5. The van der Waals surface area contributed by atoms with Crippen LogP contribution in [0, 0.1) is 12.8 Å². The zero-order valence-electron chi connectivity index (χ0n) is 19.3. The Morgan fingerprint density at radius 3 is 2.68 bits per heavy atom. The van der Waals surface area contributed by atoms with Crippen molar-refractivity contribution >= 4 is 11.9 Å². The summed E-state index contributed by atoms with van der Waals surface area (Å²) in [7, 11) is 1.56. The van der Waals surface area contributed by atoms with Crippen molar-refractivity contribution in [1.29, 1.82) is 0 Å². The number of amides is 3. The molecule has 5 atom stereocenters. The molecule has 2 saturated carbocycles. The normalized spacial score (nSPS) is 37.1. The van der Waals surface area contributed by atoms with Gasteiger partial charge in [-0.05, 0) is 74.8 Å². The third kappa shape index (κ3) is 3.32. The highest BCUT2D eigenvalue weighted by atomic mass is 19.4. The summed E-state index contributed by atoms with van der Waals surface area (Å²) in [4.78, 5) is 26.9. The summed E-state index contributed by atoms with van der Waals surface area (Å²) in [6.45, 7) is 2.82. The van der Waals surface area contributed by atoms with Gasteiger partial charge in [-0.1, -0.05) is 6.07 Å². The van der Waals surface area contributed by atoms with Crippen molar-refractivity contribution in [3.63, 3.8) is 0 Å². The fourth-order valence-corrected chi connectivity index (χ4v) is 7.29. The second-order valence-electron chi connectivity index (χ2n) is 10.5. The van der Waals surface area contributed by atoms with Gasteiger partial charge in [0.15, 0.2) is 0 Å². The lowest BCUT2D eigenvalue weighted by atomic mass is 9.55. The van der Waals surface area contributed by atoms with E-state index in [9.17, 15) is 27.9 Å². The summed E-state index contributed by atoms with van der Waals surface area (Å²) in [6.07, 6.45) is -3.73. The first-order valence-electron chi connectivity index (χ1n) is 11.7. The summed E-state index contributed by atoms with van der Waals surface area (Å²) in [5.41, 5.74) is -1.42. The van der Waals surface area contributed by atoms with E-state index >= 15 is 0 Å². The number of urea groups is 1. The van der Waals surface area contributed by atoms with Crippen molar-refractivity contribution < 1.29 is 32.6 Å². The molecule has 2 saturated heterocycles. The minimum absolute atomic E-state index is 0.0175. The Labute approximate surface area is 196 Å². The van der Waals surface area contributed by atoms with Gasteiger partial charge < -0.3 is 15.2 Å². The first kappa shape index (κ1) is 23.4. The van der Waals surface area contributed by atoms with E-state index < -0.39 is 35.2 Å². The predicted octanol–water partition coefficient (Wildman–Crippen LogP) is 2.78. The zero-order chi connectivity index (χ0) is 24.5. The number of rotatable bonds is 5. The van der Waals surface area contributed by atoms with Gasteiger partial charge in [0, 0.05) is 24.4 Å². The van der Waals surface area contributed by atoms with Crippen LogP contribution in [0.1, 0.15) is 49.7 Å². The molecular weight excluding hydrogens is 451 g/mol. The number of ether oxygens (including phenoxy) is 1. The van der Waals surface area contributed by atoms with Gasteiger partial charge in [0.25, 0.3) is 5.91 Å². The van der Waals surface area contributed by atoms with E-state index in [1.165, 1.54) is 0 Å². The van der Waals surface area contributed by atoms with E-state index in [0.29, 0.717) is 18.7 Å². The van der Waals surface area contributed by atoms with Crippen molar-refractivity contribution in [2.24, 2.45) is 5.92 Å². The standard InChI is InChI=1S/C24H30F3N3O4/c1-14-4-5-16(34-2)10-17(14)21-11-15-12-30(9-3-6-24(25,26)27)18(15)23(21,33)8-7-22(13-21)19(31)28-20(32)29-22/h4-5,10,15,18,33H,3,6-9,11-13H2,1-2H3,(H2,28,29,31,32)/t15?,18-,21-,22+,23-/m1/s1. The minimum Gasteiger partial charge on any atom is -0.497 e. The summed E-state index contributed by atoms with van der Waals surface area (Å²) in [6, 6.07) is 4.82. The number of aliphatic hydroxyl groups is 1. The lowest BCUT2D eigenvalue weighted by Gasteiger charge is -2.57. The number of benzene rings is 1. The number of alkyl halides is 3. The molecule has 4 aliphatic rings. The monoisotopic (exact) mass is 481 g/mol. The first-order chi connectivity index (χ1) is 15.9. The number of aryl methyl sites for hydroxylation is 1. The molecule has 4 fully saturated rings. The van der Waals surface area contributed by atoms with Gasteiger partial charge in [-0.15, -0.1) is 0 Å². The molecule has 2 heterocycles. The Morgan fingerprint density at radius 1 is 1.26 bits per heavy atom. The lowest BCUT2D eigenvalue weighted by Crippen LogP contribution is -2.70. The number of carbonyl (C=O) groups is 2. The van der Waals surface area contributed by atoms with Crippen LogP contribution in [0.2, 0.25) is 0 Å². The van der Waals surface area contributed by atoms with Gasteiger partial charge >= 0.3 is 12.2 Å². The zero-order valence-corrected chi connectivity index (χ0v) is 19.3. The van der Waals surface area contributed by atoms with E-state index in [0.717, 1.165) is 11.1 Å². The molecule has 3 N–H and O–H groups in total. The van der Waals surface area contributed by atoms with Gasteiger partial charge in [-0.2, -0.15) is 13.2 Å². The Morgan fingerprint density at radius 2 is 2.03 bits per heavy atom. The number of likely N-dealkylation sites (tertiary alicyclic amines) is 1. The van der Waals surface area contributed by atoms with Crippen molar-refractivity contribution in [1.82, 2.24) is 15.5 Å². The number of hydrogen-bond donors (Lipinski definition) is 3. The van der Waals surface area contributed by atoms with E-state index in [-0.39, 0.29) is 50.1 Å². The molecule has 34 heavy (non-hydrogen) atoms. The summed E-state index contributed by atoms with van der Waals surface area (Å²) < 4.78 is 43.6. The Hall–Kier alpha value is -2.33. The number of nitrogens with one attached hydrogen (secondary N) is 2. The maximum absolute atomic E-state index is 12.9. The maximum atomic E-state index is 12.9. The van der Waals surface area contributed by atoms with Gasteiger partial charge in [0.1, 0.15) is 11.3 Å².